The van der Waals surface area contributed by atoms with E-state index in [4.69, 9.17) is 11.6 Å². The van der Waals surface area contributed by atoms with Gasteiger partial charge in [-0.1, -0.05) is 25.1 Å². The summed E-state index contributed by atoms with van der Waals surface area (Å²) in [6, 6.07) is 7.26. The number of likely N-dealkylation sites (tertiary alicyclic amines) is 1. The number of pyridine rings is 1. The Labute approximate surface area is 219 Å². The quantitative estimate of drug-likeness (QED) is 0.387. The monoisotopic (exact) mass is 529 g/mol. The van der Waals surface area contributed by atoms with Crippen LogP contribution in [0.25, 0.3) is 11.2 Å². The predicted octanol–water partition coefficient (Wildman–Crippen LogP) is 6.98. The molecule has 3 aromatic rings. The van der Waals surface area contributed by atoms with Crippen LogP contribution in [0.5, 0.6) is 0 Å². The summed E-state index contributed by atoms with van der Waals surface area (Å²) in [7, 11) is 0. The summed E-state index contributed by atoms with van der Waals surface area (Å²) in [5, 5.41) is 4.16. The standard InChI is InChI=1S/C28H31ClF3N5/c1-17-12-21(13-17)37-16-33-26-25(37)23(28(30,31)32)15-20(35-26)4-3-9-36-10-7-27(8-11-36)18(2)34-24-6-5-19(29)14-22(24)27/h5-6,14-17,21,34H,2-4,7-13H2,1H3. The molecule has 0 amide bonds. The van der Waals surface area contributed by atoms with Crippen molar-refractivity contribution < 1.29 is 13.2 Å². The van der Waals surface area contributed by atoms with Crippen LogP contribution < -0.4 is 5.32 Å². The summed E-state index contributed by atoms with van der Waals surface area (Å²) in [6.45, 7) is 9.03. The van der Waals surface area contributed by atoms with Gasteiger partial charge < -0.3 is 14.8 Å². The Balaban J connectivity index is 1.12. The van der Waals surface area contributed by atoms with E-state index in [1.165, 1.54) is 18.0 Å². The number of nitrogens with one attached hydrogen (secondary N) is 1. The van der Waals surface area contributed by atoms with Gasteiger partial charge in [0.2, 0.25) is 0 Å². The molecule has 0 atom stereocenters. The van der Waals surface area contributed by atoms with E-state index in [9.17, 15) is 13.2 Å². The summed E-state index contributed by atoms with van der Waals surface area (Å²) in [6.07, 6.45) is 1.95. The molecule has 0 bridgehead atoms. The summed E-state index contributed by atoms with van der Waals surface area (Å²) in [5.74, 6) is 0.532. The molecule has 6 rings (SSSR count). The Morgan fingerprint density at radius 3 is 2.65 bits per heavy atom. The van der Waals surface area contributed by atoms with Crippen molar-refractivity contribution in [1.82, 2.24) is 19.4 Å². The van der Waals surface area contributed by atoms with E-state index in [1.807, 2.05) is 18.2 Å². The van der Waals surface area contributed by atoms with E-state index in [-0.39, 0.29) is 22.6 Å². The van der Waals surface area contributed by atoms with Crippen LogP contribution in [-0.2, 0) is 18.0 Å². The molecule has 1 spiro atoms. The highest BCUT2D eigenvalue weighted by Crippen LogP contribution is 2.50. The lowest BCUT2D eigenvalue weighted by atomic mass is 9.72. The van der Waals surface area contributed by atoms with Gasteiger partial charge in [-0.15, -0.1) is 0 Å². The molecule has 1 aromatic carbocycles. The molecule has 1 aliphatic carbocycles. The fraction of sp³-hybridized carbons (Fsp3) is 0.500. The van der Waals surface area contributed by atoms with Crippen molar-refractivity contribution in [1.29, 1.82) is 0 Å². The highest BCUT2D eigenvalue weighted by atomic mass is 35.5. The molecular weight excluding hydrogens is 499 g/mol. The molecule has 2 aliphatic heterocycles. The van der Waals surface area contributed by atoms with Crippen molar-refractivity contribution in [2.45, 2.75) is 63.1 Å². The minimum atomic E-state index is -4.44. The fourth-order valence-corrected chi connectivity index (χ4v) is 6.66. The topological polar surface area (TPSA) is 46.0 Å². The second-order valence-electron chi connectivity index (χ2n) is 11.0. The molecule has 1 N–H and O–H groups in total. The summed E-state index contributed by atoms with van der Waals surface area (Å²) < 4.78 is 43.8. The van der Waals surface area contributed by atoms with Crippen molar-refractivity contribution in [3.05, 3.63) is 64.7 Å². The van der Waals surface area contributed by atoms with Crippen molar-refractivity contribution >= 4 is 28.5 Å². The number of hydrogen-bond acceptors (Lipinski definition) is 4. The zero-order chi connectivity index (χ0) is 25.9. The fourth-order valence-electron chi connectivity index (χ4n) is 6.48. The molecule has 0 unspecified atom stereocenters. The molecule has 37 heavy (non-hydrogen) atoms. The van der Waals surface area contributed by atoms with E-state index in [2.05, 4.69) is 33.7 Å². The van der Waals surface area contributed by atoms with Gasteiger partial charge in [-0.25, -0.2) is 9.97 Å². The van der Waals surface area contributed by atoms with Crippen LogP contribution in [0.3, 0.4) is 0 Å². The predicted molar refractivity (Wildman–Crippen MR) is 140 cm³/mol. The number of rotatable bonds is 5. The van der Waals surface area contributed by atoms with Crippen LogP contribution >= 0.6 is 11.6 Å². The van der Waals surface area contributed by atoms with Gasteiger partial charge in [-0.05, 0) is 93.9 Å². The number of allylic oxidation sites excluding steroid dienone is 1. The number of hydrogen-bond donors (Lipinski definition) is 1. The molecule has 3 aliphatic rings. The molecule has 9 heteroatoms. The van der Waals surface area contributed by atoms with E-state index in [0.29, 0.717) is 18.0 Å². The van der Waals surface area contributed by atoms with Crippen LogP contribution in [0.1, 0.15) is 61.9 Å². The lowest BCUT2D eigenvalue weighted by Crippen LogP contribution is -2.43. The molecule has 0 radical (unpaired) electrons. The highest BCUT2D eigenvalue weighted by Gasteiger charge is 2.44. The smallest absolute Gasteiger partial charge is 0.358 e. The minimum Gasteiger partial charge on any atom is -0.358 e. The zero-order valence-electron chi connectivity index (χ0n) is 20.9. The van der Waals surface area contributed by atoms with Crippen molar-refractivity contribution in [3.8, 4) is 0 Å². The molecule has 2 aromatic heterocycles. The molecular formula is C28H31ClF3N5. The average molecular weight is 530 g/mol. The summed E-state index contributed by atoms with van der Waals surface area (Å²) in [4.78, 5) is 11.2. The van der Waals surface area contributed by atoms with Gasteiger partial charge in [0.05, 0.1) is 17.4 Å². The molecule has 4 heterocycles. The first kappa shape index (κ1) is 24.7. The van der Waals surface area contributed by atoms with Gasteiger partial charge in [-0.3, -0.25) is 0 Å². The number of halogens is 4. The molecule has 2 fully saturated rings. The minimum absolute atomic E-state index is 0.0743. The largest absolute Gasteiger partial charge is 0.418 e. The SMILES string of the molecule is C=C1Nc2ccc(Cl)cc2C12CCN(CCCc1cc(C(F)(F)F)c3c(ncn3C3CC(C)C3)n1)CC2. The first-order valence-electron chi connectivity index (χ1n) is 13.1. The Kier molecular flexibility index (Phi) is 6.03. The van der Waals surface area contributed by atoms with Crippen LogP contribution in [0.4, 0.5) is 18.9 Å². The lowest BCUT2D eigenvalue weighted by molar-refractivity contribution is -0.136. The number of benzene rings is 1. The second-order valence-corrected chi connectivity index (χ2v) is 11.5. The zero-order valence-corrected chi connectivity index (χ0v) is 21.7. The third-order valence-corrected chi connectivity index (χ3v) is 8.85. The van der Waals surface area contributed by atoms with Gasteiger partial charge in [-0.2, -0.15) is 13.2 Å². The number of aryl methyl sites for hydroxylation is 1. The van der Waals surface area contributed by atoms with Gasteiger partial charge in [0.15, 0.2) is 5.65 Å². The van der Waals surface area contributed by atoms with Crippen molar-refractivity contribution in [2.75, 3.05) is 25.0 Å². The van der Waals surface area contributed by atoms with Crippen LogP contribution in [0.2, 0.25) is 5.02 Å². The number of nitrogens with zero attached hydrogens (tertiary/aromatic N) is 4. The Hall–Kier alpha value is -2.58. The molecule has 1 saturated heterocycles. The van der Waals surface area contributed by atoms with E-state index in [0.717, 1.165) is 68.1 Å². The number of imidazole rings is 1. The van der Waals surface area contributed by atoms with Gasteiger partial charge in [0, 0.05) is 33.6 Å². The van der Waals surface area contributed by atoms with Gasteiger partial charge in [0.1, 0.15) is 0 Å². The van der Waals surface area contributed by atoms with Gasteiger partial charge >= 0.3 is 6.18 Å². The Morgan fingerprint density at radius 2 is 1.95 bits per heavy atom. The number of aromatic nitrogens is 3. The van der Waals surface area contributed by atoms with E-state index < -0.39 is 11.7 Å². The highest BCUT2D eigenvalue weighted by molar-refractivity contribution is 6.30. The first-order valence-corrected chi connectivity index (χ1v) is 13.4. The van der Waals surface area contributed by atoms with Crippen LogP contribution in [0.15, 0.2) is 42.9 Å². The maximum absolute atomic E-state index is 14.0. The summed E-state index contributed by atoms with van der Waals surface area (Å²) >= 11 is 6.29. The van der Waals surface area contributed by atoms with Crippen LogP contribution in [-0.4, -0.2) is 39.1 Å². The average Bonchev–Trinajstić information content (AvgIpc) is 3.36. The lowest BCUT2D eigenvalue weighted by Gasteiger charge is -2.40. The van der Waals surface area contributed by atoms with Crippen molar-refractivity contribution in [3.63, 3.8) is 0 Å². The maximum atomic E-state index is 14.0. The van der Waals surface area contributed by atoms with E-state index in [1.54, 1.807) is 4.57 Å². The molecule has 196 valence electrons. The Morgan fingerprint density at radius 1 is 1.19 bits per heavy atom. The van der Waals surface area contributed by atoms with Gasteiger partial charge in [0.25, 0.3) is 0 Å². The summed E-state index contributed by atoms with van der Waals surface area (Å²) in [5.41, 5.74) is 3.39. The van der Waals surface area contributed by atoms with E-state index >= 15 is 0 Å². The third kappa shape index (κ3) is 4.32. The maximum Gasteiger partial charge on any atom is 0.418 e. The Bertz CT molecular complexity index is 1350. The normalized spacial score (nSPS) is 23.3. The number of piperidine rings is 1. The number of anilines is 1. The molecule has 5 nitrogen and oxygen atoms in total. The third-order valence-electron chi connectivity index (χ3n) is 8.61. The van der Waals surface area contributed by atoms with Crippen molar-refractivity contribution in [2.24, 2.45) is 5.92 Å². The molecule has 1 saturated carbocycles. The first-order chi connectivity index (χ1) is 17.6. The number of alkyl halides is 3. The second kappa shape index (κ2) is 9.02. The van der Waals surface area contributed by atoms with Crippen LogP contribution in [0, 0.1) is 5.92 Å². The number of fused-ring (bicyclic) bond motifs is 3.